The lowest BCUT2D eigenvalue weighted by molar-refractivity contribution is 0.104. The van der Waals surface area contributed by atoms with E-state index < -0.39 is 0 Å². The SMILES string of the molecule is CCCC(C#N)N1CCN(Cc2cc(C)nn2CC)CC1. The van der Waals surface area contributed by atoms with Gasteiger partial charge in [0.2, 0.25) is 0 Å². The van der Waals surface area contributed by atoms with Crippen molar-refractivity contribution in [1.29, 1.82) is 5.26 Å². The number of rotatable bonds is 6. The number of aromatic nitrogens is 2. The molecule has 2 rings (SSSR count). The second-order valence-electron chi connectivity index (χ2n) is 5.84. The van der Waals surface area contributed by atoms with Crippen molar-refractivity contribution >= 4 is 0 Å². The Morgan fingerprint density at radius 3 is 2.57 bits per heavy atom. The molecule has 1 atom stereocenters. The van der Waals surface area contributed by atoms with Crippen LogP contribution in [0.15, 0.2) is 6.07 Å². The lowest BCUT2D eigenvalue weighted by Gasteiger charge is -2.36. The molecule has 1 aromatic rings. The first-order chi connectivity index (χ1) is 10.2. The van der Waals surface area contributed by atoms with Crippen molar-refractivity contribution in [2.45, 2.75) is 52.7 Å². The first-order valence-electron chi connectivity index (χ1n) is 8.07. The van der Waals surface area contributed by atoms with Crippen LogP contribution in [0.3, 0.4) is 0 Å². The zero-order valence-corrected chi connectivity index (χ0v) is 13.5. The molecule has 0 amide bonds. The van der Waals surface area contributed by atoms with Crippen LogP contribution in [0.2, 0.25) is 0 Å². The fraction of sp³-hybridized carbons (Fsp3) is 0.750. The van der Waals surface area contributed by atoms with Gasteiger partial charge in [0.1, 0.15) is 0 Å². The molecule has 1 fully saturated rings. The van der Waals surface area contributed by atoms with Crippen LogP contribution in [0.25, 0.3) is 0 Å². The fourth-order valence-electron chi connectivity index (χ4n) is 3.06. The lowest BCUT2D eigenvalue weighted by atomic mass is 10.1. The highest BCUT2D eigenvalue weighted by atomic mass is 15.3. The first-order valence-corrected chi connectivity index (χ1v) is 8.07. The van der Waals surface area contributed by atoms with Gasteiger partial charge in [-0.3, -0.25) is 14.5 Å². The zero-order valence-electron chi connectivity index (χ0n) is 13.5. The van der Waals surface area contributed by atoms with Crippen molar-refractivity contribution in [3.05, 3.63) is 17.5 Å². The van der Waals surface area contributed by atoms with E-state index in [1.54, 1.807) is 0 Å². The van der Waals surface area contributed by atoms with Crippen LogP contribution >= 0.6 is 0 Å². The van der Waals surface area contributed by atoms with E-state index in [0.717, 1.165) is 57.8 Å². The number of aryl methyl sites for hydroxylation is 2. The Bertz CT molecular complexity index is 479. The summed E-state index contributed by atoms with van der Waals surface area (Å²) in [5.74, 6) is 0. The summed E-state index contributed by atoms with van der Waals surface area (Å²) in [6, 6.07) is 4.74. The Balaban J connectivity index is 1.88. The second-order valence-corrected chi connectivity index (χ2v) is 5.84. The minimum atomic E-state index is 0.0977. The molecule has 1 aliphatic heterocycles. The molecular weight excluding hydrogens is 262 g/mol. The largest absolute Gasteiger partial charge is 0.295 e. The third-order valence-electron chi connectivity index (χ3n) is 4.23. The van der Waals surface area contributed by atoms with Crippen molar-refractivity contribution in [3.8, 4) is 6.07 Å². The molecule has 21 heavy (non-hydrogen) atoms. The third-order valence-corrected chi connectivity index (χ3v) is 4.23. The molecule has 1 unspecified atom stereocenters. The molecule has 5 nitrogen and oxygen atoms in total. The highest BCUT2D eigenvalue weighted by molar-refractivity contribution is 5.09. The molecular formula is C16H27N5. The van der Waals surface area contributed by atoms with Crippen LogP contribution in [0.5, 0.6) is 0 Å². The van der Waals surface area contributed by atoms with Crippen molar-refractivity contribution in [2.75, 3.05) is 26.2 Å². The molecule has 0 N–H and O–H groups in total. The molecule has 1 saturated heterocycles. The van der Waals surface area contributed by atoms with Gasteiger partial charge in [0.15, 0.2) is 0 Å². The molecule has 1 aromatic heterocycles. The molecule has 2 heterocycles. The van der Waals surface area contributed by atoms with Crippen LogP contribution < -0.4 is 0 Å². The van der Waals surface area contributed by atoms with Gasteiger partial charge in [0, 0.05) is 39.3 Å². The summed E-state index contributed by atoms with van der Waals surface area (Å²) in [7, 11) is 0. The molecule has 0 aromatic carbocycles. The van der Waals surface area contributed by atoms with Crippen LogP contribution in [0, 0.1) is 18.3 Å². The summed E-state index contributed by atoms with van der Waals surface area (Å²) in [6.45, 7) is 12.3. The highest BCUT2D eigenvalue weighted by Crippen LogP contribution is 2.14. The molecule has 0 bridgehead atoms. The molecule has 0 radical (unpaired) electrons. The van der Waals surface area contributed by atoms with Gasteiger partial charge < -0.3 is 0 Å². The lowest BCUT2D eigenvalue weighted by Crippen LogP contribution is -2.49. The molecule has 0 spiro atoms. The minimum absolute atomic E-state index is 0.0977. The van der Waals surface area contributed by atoms with E-state index >= 15 is 0 Å². The summed E-state index contributed by atoms with van der Waals surface area (Å²) in [5, 5.41) is 13.8. The maximum atomic E-state index is 9.26. The Labute approximate surface area is 128 Å². The summed E-state index contributed by atoms with van der Waals surface area (Å²) in [6.07, 6.45) is 2.06. The number of hydrogen-bond acceptors (Lipinski definition) is 4. The molecule has 116 valence electrons. The standard InChI is InChI=1S/C16H27N5/c1-4-6-15(12-17)20-9-7-19(8-10-20)13-16-11-14(3)18-21(16)5-2/h11,15H,4-10,13H2,1-3H3. The maximum absolute atomic E-state index is 9.26. The molecule has 0 aliphatic carbocycles. The van der Waals surface area contributed by atoms with E-state index in [4.69, 9.17) is 0 Å². The topological polar surface area (TPSA) is 48.1 Å². The Morgan fingerprint density at radius 1 is 1.29 bits per heavy atom. The molecule has 1 aliphatic rings. The van der Waals surface area contributed by atoms with Gasteiger partial charge in [-0.15, -0.1) is 0 Å². The van der Waals surface area contributed by atoms with Crippen LogP contribution in [0.1, 0.15) is 38.1 Å². The second kappa shape index (κ2) is 7.58. The van der Waals surface area contributed by atoms with E-state index in [-0.39, 0.29) is 6.04 Å². The van der Waals surface area contributed by atoms with E-state index in [1.807, 2.05) is 0 Å². The van der Waals surface area contributed by atoms with Gasteiger partial charge in [-0.25, -0.2) is 0 Å². The summed E-state index contributed by atoms with van der Waals surface area (Å²) in [5.41, 5.74) is 2.40. The average molecular weight is 289 g/mol. The average Bonchev–Trinajstić information content (AvgIpc) is 2.85. The number of nitrogens with zero attached hydrogens (tertiary/aromatic N) is 5. The Kier molecular flexibility index (Phi) is 5.77. The van der Waals surface area contributed by atoms with Crippen LogP contribution in [0.4, 0.5) is 0 Å². The third kappa shape index (κ3) is 4.05. The van der Waals surface area contributed by atoms with E-state index in [0.29, 0.717) is 0 Å². The Morgan fingerprint density at radius 2 is 2.00 bits per heavy atom. The predicted molar refractivity (Wildman–Crippen MR) is 83.8 cm³/mol. The molecule has 5 heteroatoms. The van der Waals surface area contributed by atoms with Gasteiger partial charge in [-0.2, -0.15) is 10.4 Å². The van der Waals surface area contributed by atoms with Crippen LogP contribution in [-0.4, -0.2) is 51.8 Å². The smallest absolute Gasteiger partial charge is 0.0978 e. The summed E-state index contributed by atoms with van der Waals surface area (Å²) >= 11 is 0. The first kappa shape index (κ1) is 16.0. The number of hydrogen-bond donors (Lipinski definition) is 0. The maximum Gasteiger partial charge on any atom is 0.0978 e. The van der Waals surface area contributed by atoms with E-state index in [1.165, 1.54) is 5.69 Å². The minimum Gasteiger partial charge on any atom is -0.295 e. The van der Waals surface area contributed by atoms with Crippen LogP contribution in [-0.2, 0) is 13.1 Å². The zero-order chi connectivity index (χ0) is 15.2. The fourth-order valence-corrected chi connectivity index (χ4v) is 3.06. The number of piperazine rings is 1. The predicted octanol–water partition coefficient (Wildman–Crippen LogP) is 2.02. The van der Waals surface area contributed by atoms with Gasteiger partial charge >= 0.3 is 0 Å². The van der Waals surface area contributed by atoms with Crippen molar-refractivity contribution in [1.82, 2.24) is 19.6 Å². The summed E-state index contributed by atoms with van der Waals surface area (Å²) < 4.78 is 2.09. The normalized spacial score (nSPS) is 18.6. The number of nitriles is 1. The Hall–Kier alpha value is -1.38. The van der Waals surface area contributed by atoms with E-state index in [9.17, 15) is 5.26 Å². The van der Waals surface area contributed by atoms with Crippen molar-refractivity contribution < 1.29 is 0 Å². The van der Waals surface area contributed by atoms with E-state index in [2.05, 4.69) is 52.5 Å². The van der Waals surface area contributed by atoms with Gasteiger partial charge in [0.25, 0.3) is 0 Å². The van der Waals surface area contributed by atoms with Gasteiger partial charge in [0.05, 0.1) is 23.5 Å². The van der Waals surface area contributed by atoms with Gasteiger partial charge in [-0.05, 0) is 26.3 Å². The quantitative estimate of drug-likeness (QED) is 0.804. The van der Waals surface area contributed by atoms with Crippen molar-refractivity contribution in [2.24, 2.45) is 0 Å². The summed E-state index contributed by atoms with van der Waals surface area (Å²) in [4.78, 5) is 4.81. The monoisotopic (exact) mass is 289 g/mol. The molecule has 0 saturated carbocycles. The highest BCUT2D eigenvalue weighted by Gasteiger charge is 2.23. The van der Waals surface area contributed by atoms with Gasteiger partial charge in [-0.1, -0.05) is 13.3 Å². The van der Waals surface area contributed by atoms with Crippen molar-refractivity contribution in [3.63, 3.8) is 0 Å².